The van der Waals surface area contributed by atoms with E-state index in [0.29, 0.717) is 5.92 Å². The highest BCUT2D eigenvalue weighted by Gasteiger charge is 2.32. The summed E-state index contributed by atoms with van der Waals surface area (Å²) in [4.78, 5) is 11.1. The van der Waals surface area contributed by atoms with Crippen LogP contribution in [0.15, 0.2) is 28.9 Å². The summed E-state index contributed by atoms with van der Waals surface area (Å²) in [6.45, 7) is 0. The van der Waals surface area contributed by atoms with Gasteiger partial charge in [-0.15, -0.1) is 0 Å². The number of nitrogens with zero attached hydrogens (tertiary/aromatic N) is 1. The number of halogens is 2. The van der Waals surface area contributed by atoms with Crippen LogP contribution < -0.4 is 0 Å². The molecule has 2 aliphatic rings. The highest BCUT2D eigenvalue weighted by molar-refractivity contribution is 6.30. The van der Waals surface area contributed by atoms with Gasteiger partial charge < -0.3 is 0 Å². The van der Waals surface area contributed by atoms with Crippen molar-refractivity contribution >= 4 is 17.2 Å². The third-order valence-electron chi connectivity index (χ3n) is 4.57. The van der Waals surface area contributed by atoms with E-state index in [2.05, 4.69) is 5.18 Å². The van der Waals surface area contributed by atoms with Crippen LogP contribution in [-0.2, 0) is 0 Å². The average Bonchev–Trinajstić information content (AvgIpc) is 3.09. The molecule has 0 amide bonds. The molecule has 2 aliphatic carbocycles. The van der Waals surface area contributed by atoms with Gasteiger partial charge in [-0.25, -0.2) is 4.39 Å². The van der Waals surface area contributed by atoms with Crippen molar-refractivity contribution in [1.82, 2.24) is 0 Å². The Morgan fingerprint density at radius 1 is 1.20 bits per heavy atom. The number of benzene rings is 1. The number of hydrogen-bond donors (Lipinski definition) is 0. The van der Waals surface area contributed by atoms with Crippen molar-refractivity contribution in [1.29, 1.82) is 0 Å². The summed E-state index contributed by atoms with van der Waals surface area (Å²) in [5, 5.41) is 3.38. The van der Waals surface area contributed by atoms with Crippen LogP contribution in [0.1, 0.15) is 44.1 Å². The molecular weight excluding hydrogens is 277 g/mol. The van der Waals surface area contributed by atoms with Crippen molar-refractivity contribution in [3.05, 3.63) is 45.1 Å². The Morgan fingerprint density at radius 2 is 1.95 bits per heavy atom. The van der Waals surface area contributed by atoms with E-state index in [-0.39, 0.29) is 11.1 Å². The van der Waals surface area contributed by atoms with Crippen LogP contribution in [-0.4, -0.2) is 6.04 Å². The Labute approximate surface area is 123 Å². The minimum Gasteiger partial charge on any atom is -0.205 e. The lowest BCUT2D eigenvalue weighted by molar-refractivity contribution is 0.618. The summed E-state index contributed by atoms with van der Waals surface area (Å²) in [7, 11) is 0. The fourth-order valence-electron chi connectivity index (χ4n) is 3.63. The predicted octanol–water partition coefficient (Wildman–Crippen LogP) is 5.35. The number of hydrogen-bond acceptors (Lipinski definition) is 2. The first-order valence-corrected chi connectivity index (χ1v) is 7.59. The van der Waals surface area contributed by atoms with Gasteiger partial charge in [-0.1, -0.05) is 41.3 Å². The Morgan fingerprint density at radius 3 is 2.60 bits per heavy atom. The molecule has 1 atom stereocenters. The van der Waals surface area contributed by atoms with Crippen LogP contribution in [0.2, 0.25) is 5.02 Å². The monoisotopic (exact) mass is 293 g/mol. The predicted molar refractivity (Wildman–Crippen MR) is 79.1 cm³/mol. The molecule has 0 saturated heterocycles. The van der Waals surface area contributed by atoms with E-state index in [1.807, 2.05) is 0 Å². The lowest BCUT2D eigenvalue weighted by atomic mass is 9.90. The second-order valence-electron chi connectivity index (χ2n) is 5.71. The first-order valence-electron chi connectivity index (χ1n) is 7.21. The van der Waals surface area contributed by atoms with Gasteiger partial charge in [0.25, 0.3) is 0 Å². The Kier molecular flexibility index (Phi) is 3.88. The number of nitroso groups, excluding NO2 is 1. The van der Waals surface area contributed by atoms with Crippen molar-refractivity contribution in [3.63, 3.8) is 0 Å². The molecule has 1 aromatic rings. The van der Waals surface area contributed by atoms with Crippen LogP contribution in [0, 0.1) is 16.6 Å². The molecule has 3 rings (SSSR count). The van der Waals surface area contributed by atoms with Gasteiger partial charge >= 0.3 is 0 Å². The fraction of sp³-hybridized carbons (Fsp3) is 0.500. The largest absolute Gasteiger partial charge is 0.205 e. The van der Waals surface area contributed by atoms with Crippen LogP contribution in [0.25, 0.3) is 5.57 Å². The summed E-state index contributed by atoms with van der Waals surface area (Å²) in [6.07, 6.45) is 6.61. The van der Waals surface area contributed by atoms with Crippen LogP contribution in [0.3, 0.4) is 0 Å². The Hall–Kier alpha value is -1.22. The van der Waals surface area contributed by atoms with Crippen molar-refractivity contribution in [2.45, 2.75) is 44.6 Å². The summed E-state index contributed by atoms with van der Waals surface area (Å²) < 4.78 is 13.3. The maximum Gasteiger partial charge on any atom is 0.141 e. The van der Waals surface area contributed by atoms with Gasteiger partial charge in [0.1, 0.15) is 11.9 Å². The topological polar surface area (TPSA) is 29.4 Å². The van der Waals surface area contributed by atoms with Gasteiger partial charge in [-0.3, -0.25) is 0 Å². The third-order valence-corrected chi connectivity index (χ3v) is 4.86. The third kappa shape index (κ3) is 2.39. The van der Waals surface area contributed by atoms with Crippen molar-refractivity contribution in [2.75, 3.05) is 0 Å². The zero-order valence-electron chi connectivity index (χ0n) is 11.2. The standard InChI is InChI=1S/C16H17ClFNO/c17-13-9-11(5-7-14(13)18)16-12(6-8-15(16)19-20)10-3-1-2-4-10/h5,7,9-10,15H,1-4,6,8H2. The zero-order chi connectivity index (χ0) is 14.1. The molecule has 1 saturated carbocycles. The molecule has 0 bridgehead atoms. The van der Waals surface area contributed by atoms with Crippen LogP contribution in [0.5, 0.6) is 0 Å². The molecule has 0 spiro atoms. The van der Waals surface area contributed by atoms with Gasteiger partial charge in [-0.2, -0.15) is 4.91 Å². The molecule has 1 fully saturated rings. The first kappa shape index (κ1) is 13.7. The van der Waals surface area contributed by atoms with E-state index in [1.165, 1.54) is 37.3 Å². The van der Waals surface area contributed by atoms with Crippen molar-refractivity contribution in [2.24, 2.45) is 11.1 Å². The normalized spacial score (nSPS) is 23.6. The molecule has 4 heteroatoms. The zero-order valence-corrected chi connectivity index (χ0v) is 12.0. The lowest BCUT2D eigenvalue weighted by Crippen LogP contribution is -2.04. The van der Waals surface area contributed by atoms with Crippen LogP contribution in [0.4, 0.5) is 4.39 Å². The highest BCUT2D eigenvalue weighted by atomic mass is 35.5. The summed E-state index contributed by atoms with van der Waals surface area (Å²) in [5.41, 5.74) is 3.23. The molecule has 0 radical (unpaired) electrons. The Bertz CT molecular complexity index is 564. The summed E-state index contributed by atoms with van der Waals surface area (Å²) in [6, 6.07) is 4.42. The summed E-state index contributed by atoms with van der Waals surface area (Å²) in [5.74, 6) is 0.146. The summed E-state index contributed by atoms with van der Waals surface area (Å²) >= 11 is 5.88. The number of rotatable bonds is 3. The smallest absolute Gasteiger partial charge is 0.141 e. The second-order valence-corrected chi connectivity index (χ2v) is 6.12. The van der Waals surface area contributed by atoms with Crippen molar-refractivity contribution in [3.8, 4) is 0 Å². The van der Waals surface area contributed by atoms with E-state index in [9.17, 15) is 9.30 Å². The van der Waals surface area contributed by atoms with Crippen LogP contribution >= 0.6 is 11.6 Å². The van der Waals surface area contributed by atoms with E-state index < -0.39 is 5.82 Å². The maximum absolute atomic E-state index is 13.3. The molecule has 0 heterocycles. The maximum atomic E-state index is 13.3. The molecule has 20 heavy (non-hydrogen) atoms. The SMILES string of the molecule is O=NC1CCC(C2CCCC2)=C1c1ccc(F)c(Cl)c1. The molecule has 106 valence electrons. The molecule has 0 aliphatic heterocycles. The van der Waals surface area contributed by atoms with E-state index in [1.54, 1.807) is 12.1 Å². The van der Waals surface area contributed by atoms with E-state index in [0.717, 1.165) is 24.0 Å². The molecule has 1 aromatic carbocycles. The fourth-order valence-corrected chi connectivity index (χ4v) is 3.81. The average molecular weight is 294 g/mol. The minimum absolute atomic E-state index is 0.109. The van der Waals surface area contributed by atoms with Gasteiger partial charge in [0.15, 0.2) is 0 Å². The Balaban J connectivity index is 2.05. The first-order chi connectivity index (χ1) is 9.70. The number of allylic oxidation sites excluding steroid dienone is 1. The highest BCUT2D eigenvalue weighted by Crippen LogP contribution is 2.45. The van der Waals surface area contributed by atoms with Gasteiger partial charge in [-0.05, 0) is 54.9 Å². The van der Waals surface area contributed by atoms with Gasteiger partial charge in [0, 0.05) is 0 Å². The van der Waals surface area contributed by atoms with Crippen molar-refractivity contribution < 1.29 is 4.39 Å². The molecule has 2 nitrogen and oxygen atoms in total. The molecule has 0 N–H and O–H groups in total. The lowest BCUT2D eigenvalue weighted by Gasteiger charge is -2.16. The van der Waals surface area contributed by atoms with Gasteiger partial charge in [0.05, 0.1) is 5.02 Å². The van der Waals surface area contributed by atoms with E-state index in [4.69, 9.17) is 11.6 Å². The molecule has 1 unspecified atom stereocenters. The second kappa shape index (κ2) is 5.65. The molecular formula is C16H17ClFNO. The minimum atomic E-state index is -0.424. The van der Waals surface area contributed by atoms with Gasteiger partial charge in [0.2, 0.25) is 0 Å². The van der Waals surface area contributed by atoms with E-state index >= 15 is 0 Å². The molecule has 0 aromatic heterocycles. The quantitative estimate of drug-likeness (QED) is 0.691.